The fraction of sp³-hybridized carbons (Fsp3) is 0.261. The highest BCUT2D eigenvalue weighted by atomic mass is 19.4. The maximum atomic E-state index is 14.1. The highest BCUT2D eigenvalue weighted by Crippen LogP contribution is 2.44. The zero-order valence-electron chi connectivity index (χ0n) is 18.4. The van der Waals surface area contributed by atoms with E-state index in [1.165, 1.54) is 0 Å². The van der Waals surface area contributed by atoms with E-state index in [4.69, 9.17) is 0 Å². The molecule has 0 saturated heterocycles. The van der Waals surface area contributed by atoms with Gasteiger partial charge in [-0.15, -0.1) is 5.10 Å². The van der Waals surface area contributed by atoms with Crippen molar-refractivity contribution in [1.29, 1.82) is 0 Å². The number of alkyl halides is 5. The van der Waals surface area contributed by atoms with Crippen LogP contribution in [0.15, 0.2) is 48.5 Å². The number of rotatable bonds is 8. The molecule has 0 aliphatic carbocycles. The van der Waals surface area contributed by atoms with Gasteiger partial charge in [-0.2, -0.15) is 22.0 Å². The van der Waals surface area contributed by atoms with E-state index in [1.54, 1.807) is 31.2 Å². The van der Waals surface area contributed by atoms with E-state index in [9.17, 15) is 26.7 Å². The lowest BCUT2D eigenvalue weighted by Gasteiger charge is -2.18. The number of aromatic nitrogens is 6. The third-order valence-corrected chi connectivity index (χ3v) is 5.46. The summed E-state index contributed by atoms with van der Waals surface area (Å²) in [5.74, 6) is -4.79. The van der Waals surface area contributed by atoms with E-state index >= 15 is 0 Å². The lowest BCUT2D eigenvalue weighted by molar-refractivity contribution is -0.290. The van der Waals surface area contributed by atoms with Gasteiger partial charge >= 0.3 is 12.1 Å². The second kappa shape index (κ2) is 9.35. The molecule has 0 radical (unpaired) electrons. The molecule has 0 aliphatic rings. The Kier molecular flexibility index (Phi) is 6.46. The van der Waals surface area contributed by atoms with Crippen molar-refractivity contribution in [2.45, 2.75) is 38.4 Å². The van der Waals surface area contributed by atoms with Gasteiger partial charge in [-0.1, -0.05) is 55.5 Å². The molecule has 0 unspecified atom stereocenters. The van der Waals surface area contributed by atoms with Crippen LogP contribution >= 0.6 is 0 Å². The highest BCUT2D eigenvalue weighted by Gasteiger charge is 2.61. The fourth-order valence-corrected chi connectivity index (χ4v) is 3.78. The second-order valence-corrected chi connectivity index (χ2v) is 7.78. The Hall–Kier alpha value is -3.96. The number of aromatic amines is 1. The van der Waals surface area contributed by atoms with E-state index < -0.39 is 23.5 Å². The van der Waals surface area contributed by atoms with E-state index in [0.717, 1.165) is 21.3 Å². The molecule has 35 heavy (non-hydrogen) atoms. The number of nitrogens with zero attached hydrogens (tertiary/aromatic N) is 5. The SMILES string of the molecule is CCCc1nc(C(F)(F)C(F)(F)F)c(C=O)n1Cc1ccc(-c2ccccc2-c2nnn[nH]2)cc1. The number of hydrogen-bond acceptors (Lipinski definition) is 5. The molecule has 2 aromatic carbocycles. The summed E-state index contributed by atoms with van der Waals surface area (Å²) in [4.78, 5) is 15.2. The van der Waals surface area contributed by atoms with Crippen molar-refractivity contribution >= 4 is 6.29 Å². The number of nitrogens with one attached hydrogen (secondary N) is 1. The lowest BCUT2D eigenvalue weighted by Crippen LogP contribution is -2.35. The third-order valence-electron chi connectivity index (χ3n) is 5.46. The zero-order chi connectivity index (χ0) is 25.2. The molecule has 7 nitrogen and oxygen atoms in total. The maximum absolute atomic E-state index is 14.1. The van der Waals surface area contributed by atoms with Crippen LogP contribution < -0.4 is 0 Å². The largest absolute Gasteiger partial charge is 0.459 e. The average Bonchev–Trinajstić information content (AvgIpc) is 3.48. The van der Waals surface area contributed by atoms with Crippen LogP contribution in [-0.2, 0) is 18.9 Å². The smallest absolute Gasteiger partial charge is 0.321 e. The van der Waals surface area contributed by atoms with Crippen LogP contribution in [0.4, 0.5) is 22.0 Å². The number of carbonyl (C=O) groups excluding carboxylic acids is 1. The first-order valence-electron chi connectivity index (χ1n) is 10.6. The Bertz CT molecular complexity index is 1310. The van der Waals surface area contributed by atoms with Crippen LogP contribution in [0.3, 0.4) is 0 Å². The van der Waals surface area contributed by atoms with E-state index in [0.29, 0.717) is 17.8 Å². The number of benzene rings is 2. The molecule has 0 spiro atoms. The zero-order valence-corrected chi connectivity index (χ0v) is 18.4. The molecule has 2 aromatic heterocycles. The number of aldehydes is 1. The highest BCUT2D eigenvalue weighted by molar-refractivity contribution is 5.80. The number of imidazole rings is 1. The number of halogens is 5. The van der Waals surface area contributed by atoms with Crippen molar-refractivity contribution in [2.24, 2.45) is 0 Å². The van der Waals surface area contributed by atoms with E-state index in [1.807, 2.05) is 24.3 Å². The Morgan fingerprint density at radius 3 is 2.26 bits per heavy atom. The van der Waals surface area contributed by atoms with Crippen LogP contribution in [0.1, 0.15) is 40.9 Å². The molecule has 0 saturated carbocycles. The van der Waals surface area contributed by atoms with Crippen molar-refractivity contribution in [2.75, 3.05) is 0 Å². The minimum atomic E-state index is -5.87. The normalized spacial score (nSPS) is 12.2. The summed E-state index contributed by atoms with van der Waals surface area (Å²) in [6.07, 6.45) is -5.30. The summed E-state index contributed by atoms with van der Waals surface area (Å²) in [6, 6.07) is 14.4. The topological polar surface area (TPSA) is 89.3 Å². The first kappa shape index (κ1) is 24.2. The summed E-state index contributed by atoms with van der Waals surface area (Å²) in [6.45, 7) is 1.63. The molecule has 4 rings (SSSR count). The first-order chi connectivity index (χ1) is 16.7. The summed E-state index contributed by atoms with van der Waals surface area (Å²) >= 11 is 0. The Labute approximate surface area is 196 Å². The Balaban J connectivity index is 1.70. The van der Waals surface area contributed by atoms with Gasteiger partial charge in [0.2, 0.25) is 0 Å². The third kappa shape index (κ3) is 4.55. The van der Waals surface area contributed by atoms with Gasteiger partial charge in [0, 0.05) is 18.5 Å². The summed E-state index contributed by atoms with van der Waals surface area (Å²) < 4.78 is 68.3. The quantitative estimate of drug-likeness (QED) is 0.271. The molecule has 4 aromatic rings. The summed E-state index contributed by atoms with van der Waals surface area (Å²) in [7, 11) is 0. The van der Waals surface area contributed by atoms with Crippen LogP contribution in [0.25, 0.3) is 22.5 Å². The average molecular weight is 490 g/mol. The Morgan fingerprint density at radius 2 is 1.69 bits per heavy atom. The molecule has 182 valence electrons. The first-order valence-corrected chi connectivity index (χ1v) is 10.6. The fourth-order valence-electron chi connectivity index (χ4n) is 3.78. The van der Waals surface area contributed by atoms with E-state index in [-0.39, 0.29) is 25.1 Å². The van der Waals surface area contributed by atoms with Gasteiger partial charge in [-0.25, -0.2) is 10.1 Å². The second-order valence-electron chi connectivity index (χ2n) is 7.78. The Morgan fingerprint density at radius 1 is 1.00 bits per heavy atom. The molecular formula is C23H19F5N6O. The summed E-state index contributed by atoms with van der Waals surface area (Å²) in [5, 5.41) is 13.8. The molecule has 1 N–H and O–H groups in total. The molecule has 12 heteroatoms. The molecule has 0 atom stereocenters. The minimum Gasteiger partial charge on any atom is -0.321 e. The van der Waals surface area contributed by atoms with Gasteiger partial charge in [0.1, 0.15) is 17.2 Å². The van der Waals surface area contributed by atoms with Gasteiger partial charge in [0.25, 0.3) is 0 Å². The van der Waals surface area contributed by atoms with Crippen molar-refractivity contribution in [3.8, 4) is 22.5 Å². The van der Waals surface area contributed by atoms with Crippen molar-refractivity contribution in [1.82, 2.24) is 30.2 Å². The van der Waals surface area contributed by atoms with Gasteiger partial charge < -0.3 is 4.57 Å². The molecule has 0 aliphatic heterocycles. The molecule has 2 heterocycles. The molecule has 0 bridgehead atoms. The predicted molar refractivity (Wildman–Crippen MR) is 116 cm³/mol. The molecule has 0 fully saturated rings. The lowest BCUT2D eigenvalue weighted by atomic mass is 9.98. The number of H-pyrrole nitrogens is 1. The van der Waals surface area contributed by atoms with Gasteiger partial charge in [-0.3, -0.25) is 4.79 Å². The maximum Gasteiger partial charge on any atom is 0.459 e. The number of tetrazole rings is 1. The standard InChI is InChI=1S/C23H19F5N6O/c1-2-5-19-29-20(22(24,25)23(26,27)28)18(13-35)34(19)12-14-8-10-15(11-9-14)16-6-3-4-7-17(16)21-30-32-33-31-21/h3-4,6-11,13H,2,5,12H2,1H3,(H,30,31,32,33). The van der Waals surface area contributed by atoms with Crippen LogP contribution in [0.5, 0.6) is 0 Å². The van der Waals surface area contributed by atoms with Crippen molar-refractivity contribution in [3.63, 3.8) is 0 Å². The van der Waals surface area contributed by atoms with Crippen molar-refractivity contribution < 1.29 is 26.7 Å². The van der Waals surface area contributed by atoms with E-state index in [2.05, 4.69) is 25.6 Å². The van der Waals surface area contributed by atoms with Gasteiger partial charge in [0.15, 0.2) is 12.1 Å². The summed E-state index contributed by atoms with van der Waals surface area (Å²) in [5.41, 5.74) is 0.616. The van der Waals surface area contributed by atoms with Gasteiger partial charge in [-0.05, 0) is 33.5 Å². The molecule has 0 amide bonds. The van der Waals surface area contributed by atoms with Crippen molar-refractivity contribution in [3.05, 3.63) is 71.3 Å². The monoisotopic (exact) mass is 490 g/mol. The van der Waals surface area contributed by atoms with Gasteiger partial charge in [0.05, 0.1) is 0 Å². The number of carbonyl (C=O) groups is 1. The number of hydrogen-bond donors (Lipinski definition) is 1. The molecular weight excluding hydrogens is 471 g/mol. The van der Waals surface area contributed by atoms with Crippen LogP contribution in [-0.4, -0.2) is 42.6 Å². The number of aryl methyl sites for hydroxylation is 1. The van der Waals surface area contributed by atoms with Crippen LogP contribution in [0, 0.1) is 0 Å². The minimum absolute atomic E-state index is 0.00279. The van der Waals surface area contributed by atoms with Crippen LogP contribution in [0.2, 0.25) is 0 Å². The predicted octanol–water partition coefficient (Wildman–Crippen LogP) is 5.20.